The molecule has 0 aliphatic carbocycles. The number of nitrogen functional groups attached to an aromatic ring is 1. The molecule has 0 atom stereocenters. The minimum Gasteiger partial charge on any atom is -0.489 e. The van der Waals surface area contributed by atoms with Crippen molar-refractivity contribution < 1.29 is 28.3 Å². The SMILES string of the molecule is CCOC(=O)N1Cc2cc(F)cc(c2)OC/C=C/CCOc2cc1c([N+](=O)[O-])c(N)n2. The molecular formula is C20H21FN4O6. The highest BCUT2D eigenvalue weighted by atomic mass is 19.1. The van der Waals surface area contributed by atoms with Crippen LogP contribution in [-0.2, 0) is 11.3 Å². The summed E-state index contributed by atoms with van der Waals surface area (Å²) in [7, 11) is 0. The number of rotatable bonds is 2. The summed E-state index contributed by atoms with van der Waals surface area (Å²) in [4.78, 5) is 28.6. The highest BCUT2D eigenvalue weighted by molar-refractivity contribution is 5.92. The van der Waals surface area contributed by atoms with E-state index in [-0.39, 0.29) is 43.7 Å². The van der Waals surface area contributed by atoms with Gasteiger partial charge >= 0.3 is 11.8 Å². The van der Waals surface area contributed by atoms with Gasteiger partial charge in [-0.15, -0.1) is 0 Å². The Bertz CT molecular complexity index is 1010. The predicted octanol–water partition coefficient (Wildman–Crippen LogP) is 3.59. The van der Waals surface area contributed by atoms with Crippen molar-refractivity contribution in [1.29, 1.82) is 0 Å². The molecule has 10 nitrogen and oxygen atoms in total. The largest absolute Gasteiger partial charge is 0.489 e. The highest BCUT2D eigenvalue weighted by Gasteiger charge is 2.30. The molecule has 0 radical (unpaired) electrons. The second-order valence-electron chi connectivity index (χ2n) is 6.47. The lowest BCUT2D eigenvalue weighted by molar-refractivity contribution is -0.383. The summed E-state index contributed by atoms with van der Waals surface area (Å²) in [5.74, 6) is -0.752. The average molecular weight is 432 g/mol. The summed E-state index contributed by atoms with van der Waals surface area (Å²) >= 11 is 0. The second kappa shape index (κ2) is 9.74. The van der Waals surface area contributed by atoms with Crippen molar-refractivity contribution in [3.05, 3.63) is 57.9 Å². The Morgan fingerprint density at radius 2 is 2.13 bits per heavy atom. The number of benzene rings is 1. The van der Waals surface area contributed by atoms with Crippen LogP contribution < -0.4 is 20.1 Å². The van der Waals surface area contributed by atoms with E-state index in [1.807, 2.05) is 0 Å². The van der Waals surface area contributed by atoms with Gasteiger partial charge < -0.3 is 19.9 Å². The number of carbonyl (C=O) groups is 1. The van der Waals surface area contributed by atoms with Crippen LogP contribution in [0.25, 0.3) is 0 Å². The summed E-state index contributed by atoms with van der Waals surface area (Å²) < 4.78 is 30.3. The van der Waals surface area contributed by atoms with Crippen LogP contribution in [0, 0.1) is 15.9 Å². The lowest BCUT2D eigenvalue weighted by atomic mass is 10.1. The summed E-state index contributed by atoms with van der Waals surface area (Å²) in [5.41, 5.74) is 5.38. The van der Waals surface area contributed by atoms with E-state index in [2.05, 4.69) is 4.98 Å². The number of carbonyl (C=O) groups excluding carboxylic acids is 1. The predicted molar refractivity (Wildman–Crippen MR) is 110 cm³/mol. The van der Waals surface area contributed by atoms with Crippen molar-refractivity contribution in [1.82, 2.24) is 4.98 Å². The Balaban J connectivity index is 2.17. The molecule has 0 saturated carbocycles. The van der Waals surface area contributed by atoms with E-state index in [1.165, 1.54) is 24.3 Å². The van der Waals surface area contributed by atoms with Gasteiger partial charge in [0.05, 0.1) is 24.7 Å². The minimum atomic E-state index is -0.875. The van der Waals surface area contributed by atoms with Gasteiger partial charge in [0.1, 0.15) is 23.9 Å². The van der Waals surface area contributed by atoms with E-state index in [1.54, 1.807) is 19.1 Å². The molecule has 3 rings (SSSR count). The van der Waals surface area contributed by atoms with Crippen LogP contribution in [0.3, 0.4) is 0 Å². The van der Waals surface area contributed by atoms with E-state index < -0.39 is 28.3 Å². The van der Waals surface area contributed by atoms with Crippen molar-refractivity contribution >= 4 is 23.3 Å². The summed E-state index contributed by atoms with van der Waals surface area (Å²) in [6.45, 7) is 1.79. The standard InChI is InChI=1S/C20H21FN4O6/c1-2-29-20(26)24-12-13-8-14(21)10-15(9-13)30-6-4-3-5-7-31-17-11-16(24)18(25(27)28)19(22)23-17/h3-4,8-11H,2,5-7,12H2,1H3,(H2,22,23)/b4-3+. The molecule has 31 heavy (non-hydrogen) atoms. The third kappa shape index (κ3) is 5.38. The molecule has 1 aliphatic heterocycles. The molecule has 164 valence electrons. The Morgan fingerprint density at radius 1 is 1.32 bits per heavy atom. The Kier molecular flexibility index (Phi) is 6.85. The first kappa shape index (κ1) is 21.8. The molecule has 0 spiro atoms. The lowest BCUT2D eigenvalue weighted by Gasteiger charge is -2.23. The molecule has 2 heterocycles. The zero-order valence-electron chi connectivity index (χ0n) is 16.7. The average Bonchev–Trinajstić information content (AvgIpc) is 2.70. The zero-order chi connectivity index (χ0) is 22.4. The number of nitrogens with zero attached hydrogens (tertiary/aromatic N) is 3. The number of pyridine rings is 1. The molecule has 0 saturated heterocycles. The number of ether oxygens (including phenoxy) is 3. The molecule has 1 aliphatic rings. The molecule has 2 aromatic rings. The molecular weight excluding hydrogens is 411 g/mol. The van der Waals surface area contributed by atoms with Crippen LogP contribution in [0.1, 0.15) is 18.9 Å². The first-order valence-corrected chi connectivity index (χ1v) is 9.48. The third-order valence-corrected chi connectivity index (χ3v) is 4.26. The third-order valence-electron chi connectivity index (χ3n) is 4.26. The van der Waals surface area contributed by atoms with E-state index in [4.69, 9.17) is 19.9 Å². The summed E-state index contributed by atoms with van der Waals surface area (Å²) in [6, 6.07) is 5.18. The van der Waals surface area contributed by atoms with Gasteiger partial charge in [0.2, 0.25) is 11.7 Å². The van der Waals surface area contributed by atoms with Gasteiger partial charge in [0.15, 0.2) is 0 Å². The molecule has 1 aromatic carbocycles. The number of fused-ring (bicyclic) bond motifs is 4. The monoisotopic (exact) mass is 432 g/mol. The fraction of sp³-hybridized carbons (Fsp3) is 0.300. The Hall–Kier alpha value is -3.89. The van der Waals surface area contributed by atoms with Gasteiger partial charge in [-0.25, -0.2) is 9.18 Å². The van der Waals surface area contributed by atoms with Gasteiger partial charge in [-0.3, -0.25) is 15.0 Å². The fourth-order valence-electron chi connectivity index (χ4n) is 2.98. The Morgan fingerprint density at radius 3 is 2.87 bits per heavy atom. The lowest BCUT2D eigenvalue weighted by Crippen LogP contribution is -2.32. The maximum absolute atomic E-state index is 14.2. The van der Waals surface area contributed by atoms with Crippen LogP contribution in [0.4, 0.5) is 26.4 Å². The van der Waals surface area contributed by atoms with E-state index in [0.717, 1.165) is 4.90 Å². The number of hydrogen-bond acceptors (Lipinski definition) is 8. The maximum Gasteiger partial charge on any atom is 0.414 e. The maximum atomic E-state index is 14.2. The van der Waals surface area contributed by atoms with E-state index in [9.17, 15) is 19.3 Å². The van der Waals surface area contributed by atoms with Crippen LogP contribution in [0.5, 0.6) is 11.6 Å². The smallest absolute Gasteiger partial charge is 0.414 e. The highest BCUT2D eigenvalue weighted by Crippen LogP contribution is 2.37. The summed E-state index contributed by atoms with van der Waals surface area (Å²) in [5, 5.41) is 11.7. The van der Waals surface area contributed by atoms with Crippen molar-refractivity contribution in [3.8, 4) is 11.6 Å². The molecule has 2 N–H and O–H groups in total. The van der Waals surface area contributed by atoms with Crippen LogP contribution >= 0.6 is 0 Å². The number of hydrogen-bond donors (Lipinski definition) is 1. The number of anilines is 2. The molecule has 1 amide bonds. The number of aromatic nitrogens is 1. The number of nitrogens with two attached hydrogens (primary N) is 1. The van der Waals surface area contributed by atoms with Crippen molar-refractivity contribution in [2.24, 2.45) is 0 Å². The molecule has 0 unspecified atom stereocenters. The van der Waals surface area contributed by atoms with Gasteiger partial charge in [0.25, 0.3) is 0 Å². The quantitative estimate of drug-likeness (QED) is 0.433. The molecule has 11 heteroatoms. The first-order chi connectivity index (χ1) is 14.9. The summed E-state index contributed by atoms with van der Waals surface area (Å²) in [6.07, 6.45) is 3.18. The topological polar surface area (TPSA) is 130 Å². The van der Waals surface area contributed by atoms with Crippen LogP contribution in [0.15, 0.2) is 36.4 Å². The van der Waals surface area contributed by atoms with Crippen molar-refractivity contribution in [2.45, 2.75) is 19.9 Å². The molecule has 1 aromatic heterocycles. The Labute approximate surface area is 177 Å². The normalized spacial score (nSPS) is 15.0. The van der Waals surface area contributed by atoms with E-state index >= 15 is 0 Å². The van der Waals surface area contributed by atoms with Crippen LogP contribution in [0.2, 0.25) is 0 Å². The minimum absolute atomic E-state index is 0.00634. The molecule has 0 fully saturated rings. The number of nitro groups is 1. The van der Waals surface area contributed by atoms with Gasteiger partial charge in [-0.1, -0.05) is 12.2 Å². The fourth-order valence-corrected chi connectivity index (χ4v) is 2.98. The van der Waals surface area contributed by atoms with Crippen molar-refractivity contribution in [3.63, 3.8) is 0 Å². The molecule has 4 bridgehead atoms. The number of halogens is 1. The van der Waals surface area contributed by atoms with Crippen molar-refractivity contribution in [2.75, 3.05) is 30.5 Å². The number of amides is 1. The first-order valence-electron chi connectivity index (χ1n) is 9.48. The van der Waals surface area contributed by atoms with Gasteiger partial charge in [0, 0.05) is 12.1 Å². The van der Waals surface area contributed by atoms with Crippen LogP contribution in [-0.4, -0.2) is 35.8 Å². The van der Waals surface area contributed by atoms with E-state index in [0.29, 0.717) is 12.0 Å². The van der Waals surface area contributed by atoms with Gasteiger partial charge in [-0.05, 0) is 31.0 Å². The van der Waals surface area contributed by atoms with Gasteiger partial charge in [-0.2, -0.15) is 4.98 Å². The second-order valence-corrected chi connectivity index (χ2v) is 6.47. The zero-order valence-corrected chi connectivity index (χ0v) is 16.7.